The molecular formula is C15H28N2O2. The van der Waals surface area contributed by atoms with Crippen LogP contribution in [-0.4, -0.2) is 47.6 Å². The number of hydrogen-bond donors (Lipinski definition) is 1. The van der Waals surface area contributed by atoms with Crippen LogP contribution < -0.4 is 5.73 Å². The lowest BCUT2D eigenvalue weighted by atomic mass is 9.83. The third kappa shape index (κ3) is 3.56. The van der Waals surface area contributed by atoms with Crippen LogP contribution in [0.2, 0.25) is 0 Å². The summed E-state index contributed by atoms with van der Waals surface area (Å²) in [6, 6.07) is 0.316. The van der Waals surface area contributed by atoms with Gasteiger partial charge in [-0.15, -0.1) is 0 Å². The zero-order valence-electron chi connectivity index (χ0n) is 12.7. The Kier molecular flexibility index (Phi) is 4.05. The van der Waals surface area contributed by atoms with E-state index in [1.54, 1.807) is 0 Å². The predicted octanol–water partition coefficient (Wildman–Crippen LogP) is 1.57. The monoisotopic (exact) mass is 268 g/mol. The third-order valence-electron chi connectivity index (χ3n) is 4.47. The molecule has 2 heterocycles. The van der Waals surface area contributed by atoms with Gasteiger partial charge in [0.1, 0.15) is 0 Å². The van der Waals surface area contributed by atoms with Crippen molar-refractivity contribution in [3.8, 4) is 0 Å². The standard InChI is InChI=1S/C15H28N2O2/c1-14(2)9-12(15(3,4)19-14)13(18)10-17-7-5-11(16)6-8-17/h11-12H,5-10,16H2,1-4H3. The van der Waals surface area contributed by atoms with Crippen molar-refractivity contribution in [3.63, 3.8) is 0 Å². The maximum Gasteiger partial charge on any atom is 0.152 e. The summed E-state index contributed by atoms with van der Waals surface area (Å²) < 4.78 is 6.02. The first kappa shape index (κ1) is 14.9. The number of carbonyl (C=O) groups is 1. The lowest BCUT2D eigenvalue weighted by Crippen LogP contribution is -2.45. The summed E-state index contributed by atoms with van der Waals surface area (Å²) in [4.78, 5) is 14.8. The van der Waals surface area contributed by atoms with E-state index in [4.69, 9.17) is 10.5 Å². The number of likely N-dealkylation sites (tertiary alicyclic amines) is 1. The van der Waals surface area contributed by atoms with Gasteiger partial charge >= 0.3 is 0 Å². The SMILES string of the molecule is CC1(C)CC(C(=O)CN2CCC(N)CC2)C(C)(C)O1. The maximum absolute atomic E-state index is 12.5. The van der Waals surface area contributed by atoms with E-state index in [0.29, 0.717) is 18.4 Å². The van der Waals surface area contributed by atoms with Gasteiger partial charge in [0.25, 0.3) is 0 Å². The van der Waals surface area contributed by atoms with Crippen LogP contribution in [0.15, 0.2) is 0 Å². The predicted molar refractivity (Wildman–Crippen MR) is 76.0 cm³/mol. The molecule has 1 atom stereocenters. The lowest BCUT2D eigenvalue weighted by molar-refractivity contribution is -0.130. The molecule has 2 aliphatic heterocycles. The molecule has 0 amide bonds. The molecule has 2 saturated heterocycles. The van der Waals surface area contributed by atoms with E-state index >= 15 is 0 Å². The summed E-state index contributed by atoms with van der Waals surface area (Å²) in [5.41, 5.74) is 5.37. The number of piperidine rings is 1. The van der Waals surface area contributed by atoms with Gasteiger partial charge in [-0.25, -0.2) is 0 Å². The van der Waals surface area contributed by atoms with Crippen LogP contribution in [0.4, 0.5) is 0 Å². The fourth-order valence-electron chi connectivity index (χ4n) is 3.51. The summed E-state index contributed by atoms with van der Waals surface area (Å²) in [5, 5.41) is 0. The minimum absolute atomic E-state index is 0.0121. The molecule has 0 aromatic carbocycles. The van der Waals surface area contributed by atoms with Gasteiger partial charge in [0.05, 0.1) is 23.7 Å². The van der Waals surface area contributed by atoms with E-state index in [9.17, 15) is 4.79 Å². The quantitative estimate of drug-likeness (QED) is 0.844. The Morgan fingerprint density at radius 2 is 1.84 bits per heavy atom. The van der Waals surface area contributed by atoms with Crippen molar-refractivity contribution in [2.45, 2.75) is 64.2 Å². The van der Waals surface area contributed by atoms with Gasteiger partial charge in [0.15, 0.2) is 5.78 Å². The summed E-state index contributed by atoms with van der Waals surface area (Å²) in [6.07, 6.45) is 2.83. The zero-order chi connectivity index (χ0) is 14.3. The highest BCUT2D eigenvalue weighted by atomic mass is 16.5. The van der Waals surface area contributed by atoms with Crippen molar-refractivity contribution in [1.82, 2.24) is 4.90 Å². The van der Waals surface area contributed by atoms with Crippen LogP contribution in [0.1, 0.15) is 47.0 Å². The number of ketones is 1. The molecule has 1 unspecified atom stereocenters. The number of ether oxygens (including phenoxy) is 1. The van der Waals surface area contributed by atoms with Crippen molar-refractivity contribution in [3.05, 3.63) is 0 Å². The molecule has 2 fully saturated rings. The van der Waals surface area contributed by atoms with E-state index in [1.807, 2.05) is 13.8 Å². The molecule has 0 spiro atoms. The van der Waals surface area contributed by atoms with Gasteiger partial charge < -0.3 is 10.5 Å². The maximum atomic E-state index is 12.5. The molecule has 0 saturated carbocycles. The molecule has 2 aliphatic rings. The summed E-state index contributed by atoms with van der Waals surface area (Å²) in [5.74, 6) is 0.337. The minimum Gasteiger partial charge on any atom is -0.369 e. The number of hydrogen-bond acceptors (Lipinski definition) is 4. The lowest BCUT2D eigenvalue weighted by Gasteiger charge is -2.32. The average Bonchev–Trinajstić information content (AvgIpc) is 2.50. The number of rotatable bonds is 3. The Morgan fingerprint density at radius 1 is 1.26 bits per heavy atom. The Bertz CT molecular complexity index is 344. The molecule has 0 aromatic rings. The van der Waals surface area contributed by atoms with Crippen molar-refractivity contribution >= 4 is 5.78 Å². The van der Waals surface area contributed by atoms with Crippen molar-refractivity contribution < 1.29 is 9.53 Å². The second kappa shape index (κ2) is 5.15. The molecular weight excluding hydrogens is 240 g/mol. The number of nitrogens with two attached hydrogens (primary N) is 1. The topological polar surface area (TPSA) is 55.6 Å². The molecule has 4 nitrogen and oxygen atoms in total. The Labute approximate surface area is 116 Å². The van der Waals surface area contributed by atoms with Crippen LogP contribution in [0, 0.1) is 5.92 Å². The van der Waals surface area contributed by atoms with Crippen LogP contribution in [0.5, 0.6) is 0 Å². The first-order valence-corrected chi connectivity index (χ1v) is 7.40. The third-order valence-corrected chi connectivity index (χ3v) is 4.47. The van der Waals surface area contributed by atoms with Crippen LogP contribution in [0.3, 0.4) is 0 Å². The molecule has 19 heavy (non-hydrogen) atoms. The van der Waals surface area contributed by atoms with Gasteiger partial charge in [0, 0.05) is 19.1 Å². The molecule has 0 aromatic heterocycles. The van der Waals surface area contributed by atoms with Crippen molar-refractivity contribution in [1.29, 1.82) is 0 Å². The zero-order valence-corrected chi connectivity index (χ0v) is 12.7. The fourth-order valence-corrected chi connectivity index (χ4v) is 3.51. The minimum atomic E-state index is -0.341. The van der Waals surface area contributed by atoms with E-state index in [1.165, 1.54) is 0 Å². The fraction of sp³-hybridized carbons (Fsp3) is 0.933. The Hall–Kier alpha value is -0.450. The molecule has 4 heteroatoms. The molecule has 0 bridgehead atoms. The molecule has 2 rings (SSSR count). The highest BCUT2D eigenvalue weighted by molar-refractivity contribution is 5.84. The molecule has 110 valence electrons. The Balaban J connectivity index is 1.93. The van der Waals surface area contributed by atoms with Crippen LogP contribution in [-0.2, 0) is 9.53 Å². The van der Waals surface area contributed by atoms with Gasteiger partial charge in [-0.1, -0.05) is 0 Å². The largest absolute Gasteiger partial charge is 0.369 e. The van der Waals surface area contributed by atoms with E-state index in [-0.39, 0.29) is 17.1 Å². The average molecular weight is 268 g/mol. The van der Waals surface area contributed by atoms with Gasteiger partial charge in [-0.2, -0.15) is 0 Å². The summed E-state index contributed by atoms with van der Waals surface area (Å²) in [6.45, 7) is 10.7. The summed E-state index contributed by atoms with van der Waals surface area (Å²) in [7, 11) is 0. The van der Waals surface area contributed by atoms with E-state index < -0.39 is 0 Å². The van der Waals surface area contributed by atoms with Crippen molar-refractivity contribution in [2.75, 3.05) is 19.6 Å². The van der Waals surface area contributed by atoms with E-state index in [0.717, 1.165) is 32.4 Å². The molecule has 0 aliphatic carbocycles. The highest BCUT2D eigenvalue weighted by Gasteiger charge is 2.49. The van der Waals surface area contributed by atoms with Crippen LogP contribution in [0.25, 0.3) is 0 Å². The van der Waals surface area contributed by atoms with E-state index in [2.05, 4.69) is 18.7 Å². The molecule has 2 N–H and O–H groups in total. The first-order chi connectivity index (χ1) is 8.70. The molecule has 0 radical (unpaired) electrons. The number of carbonyl (C=O) groups excluding carboxylic acids is 1. The van der Waals surface area contributed by atoms with Gasteiger partial charge in [-0.05, 0) is 47.0 Å². The number of Topliss-reactive ketones (excluding diaryl/α,β-unsaturated/α-hetero) is 1. The second-order valence-corrected chi connectivity index (χ2v) is 7.30. The van der Waals surface area contributed by atoms with Crippen molar-refractivity contribution in [2.24, 2.45) is 11.7 Å². The highest BCUT2D eigenvalue weighted by Crippen LogP contribution is 2.42. The van der Waals surface area contributed by atoms with Gasteiger partial charge in [-0.3, -0.25) is 9.69 Å². The van der Waals surface area contributed by atoms with Crippen LogP contribution >= 0.6 is 0 Å². The number of nitrogens with zero attached hydrogens (tertiary/aromatic N) is 1. The Morgan fingerprint density at radius 3 is 2.32 bits per heavy atom. The second-order valence-electron chi connectivity index (χ2n) is 7.30. The first-order valence-electron chi connectivity index (χ1n) is 7.40. The summed E-state index contributed by atoms with van der Waals surface area (Å²) >= 11 is 0. The normalized spacial score (nSPS) is 31.5. The smallest absolute Gasteiger partial charge is 0.152 e. The van der Waals surface area contributed by atoms with Gasteiger partial charge in [0.2, 0.25) is 0 Å².